The van der Waals surface area contributed by atoms with Crippen LogP contribution in [0.2, 0.25) is 5.02 Å². The van der Waals surface area contributed by atoms with Gasteiger partial charge in [-0.15, -0.1) is 0 Å². The quantitative estimate of drug-likeness (QED) is 0.772. The van der Waals surface area contributed by atoms with Crippen LogP contribution in [0.1, 0.15) is 15.9 Å². The summed E-state index contributed by atoms with van der Waals surface area (Å²) < 4.78 is 28.0. The molecule has 24 heavy (non-hydrogen) atoms. The maximum Gasteiger partial charge on any atom is 0.257 e. The van der Waals surface area contributed by atoms with Crippen molar-refractivity contribution in [1.82, 2.24) is 9.78 Å². The van der Waals surface area contributed by atoms with Gasteiger partial charge in [-0.25, -0.2) is 13.5 Å². The monoisotopic (exact) mass is 347 g/mol. The Morgan fingerprint density at radius 3 is 2.58 bits per heavy atom. The van der Waals surface area contributed by atoms with Gasteiger partial charge in [0.25, 0.3) is 5.91 Å². The maximum absolute atomic E-state index is 13.2. The van der Waals surface area contributed by atoms with E-state index in [1.165, 1.54) is 6.20 Å². The number of nitrogens with one attached hydrogen (secondary N) is 1. The van der Waals surface area contributed by atoms with E-state index in [4.69, 9.17) is 11.6 Å². The third-order valence-electron chi connectivity index (χ3n) is 3.30. The molecule has 1 aromatic heterocycles. The van der Waals surface area contributed by atoms with Crippen LogP contribution in [0.5, 0.6) is 0 Å². The van der Waals surface area contributed by atoms with Gasteiger partial charge in [0.05, 0.1) is 12.7 Å². The van der Waals surface area contributed by atoms with Gasteiger partial charge >= 0.3 is 0 Å². The smallest absolute Gasteiger partial charge is 0.257 e. The summed E-state index contributed by atoms with van der Waals surface area (Å²) in [6.07, 6.45) is 1.52. The topological polar surface area (TPSA) is 46.9 Å². The largest absolute Gasteiger partial charge is 0.307 e. The number of hydrogen-bond acceptors (Lipinski definition) is 2. The van der Waals surface area contributed by atoms with E-state index >= 15 is 0 Å². The highest BCUT2D eigenvalue weighted by Crippen LogP contribution is 2.16. The molecule has 7 heteroatoms. The molecule has 1 amide bonds. The van der Waals surface area contributed by atoms with Crippen LogP contribution in [0, 0.1) is 11.6 Å². The molecule has 122 valence electrons. The molecule has 0 saturated carbocycles. The molecular formula is C17H12ClF2N3O. The van der Waals surface area contributed by atoms with E-state index in [0.29, 0.717) is 23.5 Å². The molecule has 0 unspecified atom stereocenters. The third-order valence-corrected chi connectivity index (χ3v) is 3.54. The van der Waals surface area contributed by atoms with Gasteiger partial charge in [-0.3, -0.25) is 4.79 Å². The Bertz CT molecular complexity index is 875. The van der Waals surface area contributed by atoms with Gasteiger partial charge in [0.1, 0.15) is 17.5 Å². The molecule has 1 N–H and O–H groups in total. The van der Waals surface area contributed by atoms with Crippen molar-refractivity contribution in [1.29, 1.82) is 0 Å². The van der Waals surface area contributed by atoms with Gasteiger partial charge in [-0.05, 0) is 29.8 Å². The minimum absolute atomic E-state index is 0.108. The number of rotatable bonds is 4. The predicted molar refractivity (Wildman–Crippen MR) is 87.1 cm³/mol. The molecule has 0 aliphatic heterocycles. The van der Waals surface area contributed by atoms with Gasteiger partial charge in [-0.2, -0.15) is 5.10 Å². The Hall–Kier alpha value is -2.73. The number of halogens is 3. The average molecular weight is 348 g/mol. The van der Waals surface area contributed by atoms with E-state index in [9.17, 15) is 13.6 Å². The van der Waals surface area contributed by atoms with E-state index in [2.05, 4.69) is 10.4 Å². The average Bonchev–Trinajstić information content (AvgIpc) is 2.93. The molecule has 4 nitrogen and oxygen atoms in total. The first-order valence-electron chi connectivity index (χ1n) is 7.05. The normalized spacial score (nSPS) is 10.6. The van der Waals surface area contributed by atoms with Crippen molar-refractivity contribution >= 4 is 23.3 Å². The van der Waals surface area contributed by atoms with E-state index in [1.807, 2.05) is 12.1 Å². The van der Waals surface area contributed by atoms with Crippen LogP contribution >= 0.6 is 11.6 Å². The van der Waals surface area contributed by atoms with Crippen LogP contribution in [-0.4, -0.2) is 15.7 Å². The van der Waals surface area contributed by atoms with Crippen LogP contribution in [0.4, 0.5) is 14.6 Å². The highest BCUT2D eigenvalue weighted by Gasteiger charge is 2.12. The van der Waals surface area contributed by atoms with Crippen molar-refractivity contribution in [3.8, 4) is 0 Å². The molecule has 2 aromatic carbocycles. The highest BCUT2D eigenvalue weighted by atomic mass is 35.5. The second kappa shape index (κ2) is 6.80. The molecule has 3 rings (SSSR count). The van der Waals surface area contributed by atoms with Gasteiger partial charge in [0.2, 0.25) is 0 Å². The zero-order valence-corrected chi connectivity index (χ0v) is 13.1. The van der Waals surface area contributed by atoms with Crippen LogP contribution in [0.3, 0.4) is 0 Å². The number of carbonyl (C=O) groups excluding carboxylic acids is 1. The lowest BCUT2D eigenvalue weighted by molar-refractivity contribution is 0.102. The van der Waals surface area contributed by atoms with Gasteiger partial charge < -0.3 is 5.32 Å². The van der Waals surface area contributed by atoms with Gasteiger partial charge in [-0.1, -0.05) is 23.7 Å². The zero-order chi connectivity index (χ0) is 17.1. The van der Waals surface area contributed by atoms with Crippen LogP contribution < -0.4 is 5.32 Å². The summed E-state index contributed by atoms with van der Waals surface area (Å²) in [4.78, 5) is 12.2. The summed E-state index contributed by atoms with van der Waals surface area (Å²) in [5, 5.41) is 7.32. The first kappa shape index (κ1) is 16.1. The van der Waals surface area contributed by atoms with E-state index in [0.717, 1.165) is 17.7 Å². The fourth-order valence-electron chi connectivity index (χ4n) is 2.25. The van der Waals surface area contributed by atoms with Crippen molar-refractivity contribution in [3.05, 3.63) is 82.5 Å². The summed E-state index contributed by atoms with van der Waals surface area (Å²) >= 11 is 5.95. The standard InChI is InChI=1S/C17H12ClF2N3O/c18-13-3-1-2-11(6-13)10-23-16(4-5-21-23)22-17(24)12-7-14(19)9-15(20)8-12/h1-9H,10H2,(H,22,24). The summed E-state index contributed by atoms with van der Waals surface area (Å²) in [6, 6.07) is 11.5. The fourth-order valence-corrected chi connectivity index (χ4v) is 2.46. The number of anilines is 1. The molecule has 0 fully saturated rings. The van der Waals surface area contributed by atoms with E-state index in [-0.39, 0.29) is 5.56 Å². The number of amides is 1. The second-order valence-corrected chi connectivity index (χ2v) is 5.55. The fraction of sp³-hybridized carbons (Fsp3) is 0.0588. The lowest BCUT2D eigenvalue weighted by Gasteiger charge is -2.09. The molecular weight excluding hydrogens is 336 g/mol. The minimum atomic E-state index is -0.812. The maximum atomic E-state index is 13.2. The molecule has 0 saturated heterocycles. The zero-order valence-electron chi connectivity index (χ0n) is 12.3. The minimum Gasteiger partial charge on any atom is -0.307 e. The Morgan fingerprint density at radius 2 is 1.88 bits per heavy atom. The van der Waals surface area contributed by atoms with E-state index < -0.39 is 17.5 Å². The number of benzene rings is 2. The van der Waals surface area contributed by atoms with Crippen LogP contribution in [-0.2, 0) is 6.54 Å². The molecule has 0 bridgehead atoms. The Morgan fingerprint density at radius 1 is 1.12 bits per heavy atom. The van der Waals surface area contributed by atoms with Crippen LogP contribution in [0.15, 0.2) is 54.7 Å². The molecule has 0 aliphatic rings. The summed E-state index contributed by atoms with van der Waals surface area (Å²) in [5.74, 6) is -1.84. The second-order valence-electron chi connectivity index (χ2n) is 5.12. The molecule has 0 aliphatic carbocycles. The van der Waals surface area contributed by atoms with E-state index in [1.54, 1.807) is 22.9 Å². The molecule has 1 heterocycles. The summed E-state index contributed by atoms with van der Waals surface area (Å²) in [6.45, 7) is 0.390. The highest BCUT2D eigenvalue weighted by molar-refractivity contribution is 6.30. The van der Waals surface area contributed by atoms with Crippen molar-refractivity contribution in [3.63, 3.8) is 0 Å². The van der Waals surface area contributed by atoms with Crippen molar-refractivity contribution < 1.29 is 13.6 Å². The SMILES string of the molecule is O=C(Nc1ccnn1Cc1cccc(Cl)c1)c1cc(F)cc(F)c1. The third kappa shape index (κ3) is 3.78. The first-order valence-corrected chi connectivity index (χ1v) is 7.43. The van der Waals surface area contributed by atoms with Crippen molar-refractivity contribution in [2.45, 2.75) is 6.54 Å². The number of nitrogens with zero attached hydrogens (tertiary/aromatic N) is 2. The molecule has 3 aromatic rings. The number of carbonyl (C=O) groups is 1. The van der Waals surface area contributed by atoms with Crippen molar-refractivity contribution in [2.75, 3.05) is 5.32 Å². The Kier molecular flexibility index (Phi) is 4.57. The predicted octanol–water partition coefficient (Wildman–Crippen LogP) is 4.12. The molecule has 0 spiro atoms. The Labute approximate surface area is 141 Å². The first-order chi connectivity index (χ1) is 11.5. The lowest BCUT2D eigenvalue weighted by Crippen LogP contribution is -2.16. The Balaban J connectivity index is 1.79. The van der Waals surface area contributed by atoms with Gasteiger partial charge in [0, 0.05) is 22.7 Å². The van der Waals surface area contributed by atoms with Crippen molar-refractivity contribution in [2.24, 2.45) is 0 Å². The number of aromatic nitrogens is 2. The van der Waals surface area contributed by atoms with Gasteiger partial charge in [0.15, 0.2) is 0 Å². The summed E-state index contributed by atoms with van der Waals surface area (Å²) in [7, 11) is 0. The number of hydrogen-bond donors (Lipinski definition) is 1. The summed E-state index contributed by atoms with van der Waals surface area (Å²) in [5.41, 5.74) is 0.793. The lowest BCUT2D eigenvalue weighted by atomic mass is 10.2. The van der Waals surface area contributed by atoms with Crippen LogP contribution in [0.25, 0.3) is 0 Å². The molecule has 0 radical (unpaired) electrons. The molecule has 0 atom stereocenters.